The average molecular weight is 210 g/mol. The number of benzene rings is 1. The topological polar surface area (TPSA) is 62.8 Å². The van der Waals surface area contributed by atoms with Crippen LogP contribution in [0.5, 0.6) is 0 Å². The standard InChI is InChI=1S/C9H10N2O2S/c1-2-8-10-6-4-3-5-7(14(12)13)9(6)11-8/h3-5,14H,2H2,1H3,(H,10,11). The Hall–Kier alpha value is -1.36. The number of aryl methyl sites for hydroxylation is 1. The number of fused-ring (bicyclic) bond motifs is 1. The number of nitrogens with one attached hydrogen (secondary N) is 1. The van der Waals surface area contributed by atoms with Crippen LogP contribution in [-0.2, 0) is 17.1 Å². The molecule has 0 aliphatic carbocycles. The van der Waals surface area contributed by atoms with Gasteiger partial charge < -0.3 is 4.98 Å². The van der Waals surface area contributed by atoms with Crippen LogP contribution < -0.4 is 0 Å². The summed E-state index contributed by atoms with van der Waals surface area (Å²) in [6.45, 7) is 1.97. The van der Waals surface area contributed by atoms with Crippen molar-refractivity contribution in [3.05, 3.63) is 24.0 Å². The van der Waals surface area contributed by atoms with Crippen LogP contribution in [0.15, 0.2) is 23.1 Å². The highest BCUT2D eigenvalue weighted by molar-refractivity contribution is 7.72. The third kappa shape index (κ3) is 1.39. The van der Waals surface area contributed by atoms with Crippen LogP contribution in [0.2, 0.25) is 0 Å². The maximum absolute atomic E-state index is 10.9. The molecule has 0 radical (unpaired) electrons. The molecule has 0 saturated heterocycles. The highest BCUT2D eigenvalue weighted by Gasteiger charge is 2.06. The maximum atomic E-state index is 10.9. The summed E-state index contributed by atoms with van der Waals surface area (Å²) in [5.74, 6) is 0.810. The highest BCUT2D eigenvalue weighted by atomic mass is 32.2. The lowest BCUT2D eigenvalue weighted by atomic mass is 10.3. The molecule has 0 aliphatic heterocycles. The molecule has 0 aliphatic rings. The van der Waals surface area contributed by atoms with E-state index in [4.69, 9.17) is 0 Å². The zero-order chi connectivity index (χ0) is 10.1. The average Bonchev–Trinajstić information content (AvgIpc) is 2.59. The molecule has 1 aromatic heterocycles. The number of nitrogens with zero attached hydrogens (tertiary/aromatic N) is 1. The van der Waals surface area contributed by atoms with Crippen molar-refractivity contribution in [3.63, 3.8) is 0 Å². The molecule has 5 heteroatoms. The van der Waals surface area contributed by atoms with Gasteiger partial charge in [-0.25, -0.2) is 13.4 Å². The summed E-state index contributed by atoms with van der Waals surface area (Å²) in [6.07, 6.45) is 0.768. The van der Waals surface area contributed by atoms with Gasteiger partial charge in [-0.2, -0.15) is 0 Å². The second kappa shape index (κ2) is 3.42. The van der Waals surface area contributed by atoms with Gasteiger partial charge in [0.1, 0.15) is 5.82 Å². The number of H-pyrrole nitrogens is 1. The highest BCUT2D eigenvalue weighted by Crippen LogP contribution is 2.17. The molecule has 74 valence electrons. The summed E-state index contributed by atoms with van der Waals surface area (Å²) in [5.41, 5.74) is 1.32. The lowest BCUT2D eigenvalue weighted by Gasteiger charge is -1.91. The number of rotatable bonds is 2. The smallest absolute Gasteiger partial charge is 0.170 e. The second-order valence-corrected chi connectivity index (χ2v) is 3.96. The quantitative estimate of drug-likeness (QED) is 0.729. The first kappa shape index (κ1) is 9.21. The molecule has 2 aromatic rings. The van der Waals surface area contributed by atoms with Crippen LogP contribution >= 0.6 is 0 Å². The van der Waals surface area contributed by atoms with E-state index in [2.05, 4.69) is 9.97 Å². The molecule has 2 rings (SSSR count). The van der Waals surface area contributed by atoms with E-state index >= 15 is 0 Å². The van der Waals surface area contributed by atoms with Crippen molar-refractivity contribution in [2.75, 3.05) is 0 Å². The summed E-state index contributed by atoms with van der Waals surface area (Å²) >= 11 is 0. The third-order valence-corrected chi connectivity index (χ3v) is 2.84. The number of hydrogen-bond acceptors (Lipinski definition) is 3. The largest absolute Gasteiger partial charge is 0.341 e. The predicted molar refractivity (Wildman–Crippen MR) is 54.1 cm³/mol. The van der Waals surface area contributed by atoms with Crippen molar-refractivity contribution in [3.8, 4) is 0 Å². The second-order valence-electron chi connectivity index (χ2n) is 2.97. The maximum Gasteiger partial charge on any atom is 0.170 e. The van der Waals surface area contributed by atoms with Crippen molar-refractivity contribution < 1.29 is 8.42 Å². The molecule has 0 bridgehead atoms. The van der Waals surface area contributed by atoms with Crippen molar-refractivity contribution in [1.29, 1.82) is 0 Å². The van der Waals surface area contributed by atoms with E-state index in [1.54, 1.807) is 18.2 Å². The van der Waals surface area contributed by atoms with E-state index in [1.165, 1.54) is 0 Å². The van der Waals surface area contributed by atoms with Crippen molar-refractivity contribution in [2.45, 2.75) is 18.2 Å². The fourth-order valence-electron chi connectivity index (χ4n) is 1.39. The molecule has 1 aromatic carbocycles. The Bertz CT molecular complexity index is 535. The van der Waals surface area contributed by atoms with Crippen molar-refractivity contribution in [1.82, 2.24) is 9.97 Å². The number of hydrogen-bond donors (Lipinski definition) is 2. The first-order valence-electron chi connectivity index (χ1n) is 4.34. The molecule has 4 nitrogen and oxygen atoms in total. The Labute approximate surface area is 82.9 Å². The van der Waals surface area contributed by atoms with Gasteiger partial charge in [0.15, 0.2) is 10.7 Å². The van der Waals surface area contributed by atoms with Crippen LogP contribution in [0.4, 0.5) is 0 Å². The normalized spacial score (nSPS) is 11.3. The van der Waals surface area contributed by atoms with Gasteiger partial charge in [-0.1, -0.05) is 13.0 Å². The van der Waals surface area contributed by atoms with E-state index in [0.29, 0.717) is 15.9 Å². The van der Waals surface area contributed by atoms with E-state index < -0.39 is 10.7 Å². The minimum Gasteiger partial charge on any atom is -0.341 e. The molecule has 14 heavy (non-hydrogen) atoms. The van der Waals surface area contributed by atoms with Crippen molar-refractivity contribution in [2.24, 2.45) is 0 Å². The number of imidazole rings is 1. The zero-order valence-corrected chi connectivity index (χ0v) is 8.54. The van der Waals surface area contributed by atoms with Gasteiger partial charge in [0.25, 0.3) is 0 Å². The lowest BCUT2D eigenvalue weighted by Crippen LogP contribution is -1.83. The van der Waals surface area contributed by atoms with Gasteiger partial charge in [0.05, 0.1) is 15.9 Å². The van der Waals surface area contributed by atoms with E-state index in [-0.39, 0.29) is 0 Å². The van der Waals surface area contributed by atoms with Crippen LogP contribution in [0.3, 0.4) is 0 Å². The van der Waals surface area contributed by atoms with E-state index in [0.717, 1.165) is 12.2 Å². The number of aromatic nitrogens is 2. The first-order chi connectivity index (χ1) is 6.72. The Kier molecular flexibility index (Phi) is 2.25. The molecule has 0 unspecified atom stereocenters. The Morgan fingerprint density at radius 3 is 2.86 bits per heavy atom. The monoisotopic (exact) mass is 210 g/mol. The summed E-state index contributed by atoms with van der Waals surface area (Å²) in [6, 6.07) is 5.07. The SMILES string of the molecule is CCc1nc2cccc([SH](=O)=O)c2[nH]1. The summed E-state index contributed by atoms with van der Waals surface area (Å²) in [5, 5.41) is 0. The molecule has 0 atom stereocenters. The number of thiol groups is 1. The minimum atomic E-state index is -2.56. The molecule has 0 amide bonds. The van der Waals surface area contributed by atoms with Crippen LogP contribution in [-0.4, -0.2) is 18.4 Å². The fraction of sp³-hybridized carbons (Fsp3) is 0.222. The lowest BCUT2D eigenvalue weighted by molar-refractivity contribution is 0.615. The molecular formula is C9H10N2O2S. The molecule has 0 saturated carbocycles. The van der Waals surface area contributed by atoms with Crippen LogP contribution in [0, 0.1) is 0 Å². The van der Waals surface area contributed by atoms with Crippen molar-refractivity contribution >= 4 is 21.7 Å². The van der Waals surface area contributed by atoms with E-state index in [1.807, 2.05) is 6.92 Å². The number of para-hydroxylation sites is 1. The Morgan fingerprint density at radius 2 is 2.21 bits per heavy atom. The minimum absolute atomic E-state index is 0.310. The Balaban J connectivity index is 2.79. The Morgan fingerprint density at radius 1 is 1.43 bits per heavy atom. The first-order valence-corrected chi connectivity index (χ1v) is 5.52. The van der Waals surface area contributed by atoms with Gasteiger partial charge in [-0.05, 0) is 12.1 Å². The molecule has 1 N–H and O–H groups in total. The molecule has 1 heterocycles. The predicted octanol–water partition coefficient (Wildman–Crippen LogP) is 1.10. The number of aromatic amines is 1. The van der Waals surface area contributed by atoms with Crippen LogP contribution in [0.1, 0.15) is 12.7 Å². The fourth-order valence-corrected chi connectivity index (χ4v) is 1.95. The summed E-state index contributed by atoms with van der Waals surface area (Å²) in [4.78, 5) is 7.56. The zero-order valence-electron chi connectivity index (χ0n) is 7.65. The molecular weight excluding hydrogens is 200 g/mol. The van der Waals surface area contributed by atoms with Gasteiger partial charge >= 0.3 is 0 Å². The van der Waals surface area contributed by atoms with Gasteiger partial charge in [-0.3, -0.25) is 0 Å². The summed E-state index contributed by atoms with van der Waals surface area (Å²) in [7, 11) is -2.56. The van der Waals surface area contributed by atoms with Gasteiger partial charge in [0, 0.05) is 6.42 Å². The third-order valence-electron chi connectivity index (χ3n) is 2.08. The molecule has 0 fully saturated rings. The van der Waals surface area contributed by atoms with Crippen LogP contribution in [0.25, 0.3) is 11.0 Å². The van der Waals surface area contributed by atoms with Gasteiger partial charge in [0.2, 0.25) is 0 Å². The van der Waals surface area contributed by atoms with E-state index in [9.17, 15) is 8.42 Å². The summed E-state index contributed by atoms with van der Waals surface area (Å²) < 4.78 is 21.8. The van der Waals surface area contributed by atoms with Gasteiger partial charge in [-0.15, -0.1) is 0 Å². The molecule has 0 spiro atoms.